The Hall–Kier alpha value is -1.58. The summed E-state index contributed by atoms with van der Waals surface area (Å²) >= 11 is 2.93. The van der Waals surface area contributed by atoms with Crippen molar-refractivity contribution in [2.24, 2.45) is 0 Å². The van der Waals surface area contributed by atoms with Crippen LogP contribution >= 0.6 is 22.9 Å². The normalized spacial score (nSPS) is 10.0. The van der Waals surface area contributed by atoms with Crippen molar-refractivity contribution < 1.29 is 0 Å². The largest absolute Gasteiger partial charge is 0.382 e. The maximum Gasteiger partial charge on any atom is 0.157 e. The van der Waals surface area contributed by atoms with Crippen molar-refractivity contribution in [1.82, 2.24) is 4.37 Å². The topological polar surface area (TPSA) is 65.9 Å². The van der Waals surface area contributed by atoms with Crippen molar-refractivity contribution in [3.05, 3.63) is 28.0 Å². The zero-order chi connectivity index (χ0) is 11.5. The van der Waals surface area contributed by atoms with Gasteiger partial charge in [0.2, 0.25) is 0 Å². The minimum absolute atomic E-state index is 0.319. The number of aromatic nitrogens is 1. The highest BCUT2D eigenvalue weighted by molar-refractivity contribution is 7.10. The molecule has 2 rings (SSSR count). The number of anilines is 2. The number of hydrogen-bond donors (Lipinski definition) is 1. The number of rotatable bonds is 3. The van der Waals surface area contributed by atoms with E-state index in [2.05, 4.69) is 21.9 Å². The summed E-state index contributed by atoms with van der Waals surface area (Å²) in [6.45, 7) is 0.764. The first-order chi connectivity index (χ1) is 7.72. The van der Waals surface area contributed by atoms with E-state index in [0.717, 1.165) is 11.5 Å². The summed E-state index contributed by atoms with van der Waals surface area (Å²) in [6, 6.07) is 4.16. The first-order valence-corrected chi connectivity index (χ1v) is 6.31. The molecule has 0 aliphatic rings. The number of nitrogens with zero attached hydrogens (tertiary/aromatic N) is 3. The molecule has 0 saturated heterocycles. The van der Waals surface area contributed by atoms with Crippen molar-refractivity contribution in [3.8, 4) is 6.07 Å². The van der Waals surface area contributed by atoms with Gasteiger partial charge >= 0.3 is 0 Å². The van der Waals surface area contributed by atoms with E-state index in [1.165, 1.54) is 17.1 Å². The summed E-state index contributed by atoms with van der Waals surface area (Å²) in [5, 5.41) is 13.9. The van der Waals surface area contributed by atoms with E-state index in [1.54, 1.807) is 11.3 Å². The van der Waals surface area contributed by atoms with Gasteiger partial charge in [-0.05, 0) is 33.9 Å². The van der Waals surface area contributed by atoms with Gasteiger partial charge in [0.25, 0.3) is 0 Å². The van der Waals surface area contributed by atoms with Crippen LogP contribution in [-0.4, -0.2) is 11.4 Å². The van der Waals surface area contributed by atoms with Crippen molar-refractivity contribution >= 4 is 33.7 Å². The smallest absolute Gasteiger partial charge is 0.157 e. The molecular weight excluding hydrogens is 240 g/mol. The van der Waals surface area contributed by atoms with Gasteiger partial charge in [0.05, 0.1) is 0 Å². The van der Waals surface area contributed by atoms with Gasteiger partial charge in [0, 0.05) is 13.6 Å². The second kappa shape index (κ2) is 4.51. The Kier molecular flexibility index (Phi) is 3.08. The Balaban J connectivity index is 2.21. The Labute approximate surface area is 102 Å². The van der Waals surface area contributed by atoms with E-state index >= 15 is 0 Å². The molecule has 0 bridgehead atoms. The molecule has 0 fully saturated rings. The summed E-state index contributed by atoms with van der Waals surface area (Å²) < 4.78 is 4.00. The van der Waals surface area contributed by atoms with Gasteiger partial charge < -0.3 is 10.6 Å². The molecule has 2 aromatic heterocycles. The van der Waals surface area contributed by atoms with Gasteiger partial charge in [-0.1, -0.05) is 0 Å². The average Bonchev–Trinajstić information content (AvgIpc) is 2.87. The van der Waals surface area contributed by atoms with Crippen LogP contribution < -0.4 is 10.6 Å². The zero-order valence-electron chi connectivity index (χ0n) is 8.67. The van der Waals surface area contributed by atoms with Crippen LogP contribution in [-0.2, 0) is 6.54 Å². The lowest BCUT2D eigenvalue weighted by Crippen LogP contribution is -2.15. The monoisotopic (exact) mass is 250 g/mol. The van der Waals surface area contributed by atoms with Crippen LogP contribution in [0, 0.1) is 11.3 Å². The molecule has 0 unspecified atom stereocenters. The Bertz CT molecular complexity index is 509. The van der Waals surface area contributed by atoms with Crippen LogP contribution in [0.2, 0.25) is 0 Å². The quantitative estimate of drug-likeness (QED) is 0.907. The molecule has 0 aliphatic carbocycles. The first-order valence-electron chi connectivity index (χ1n) is 4.60. The third-order valence-corrected chi connectivity index (χ3v) is 3.87. The molecule has 82 valence electrons. The third-order valence-electron chi connectivity index (χ3n) is 2.16. The van der Waals surface area contributed by atoms with Gasteiger partial charge in [-0.2, -0.15) is 21.0 Å². The minimum Gasteiger partial charge on any atom is -0.382 e. The van der Waals surface area contributed by atoms with Crippen molar-refractivity contribution in [3.63, 3.8) is 0 Å². The second-order valence-electron chi connectivity index (χ2n) is 3.35. The summed E-state index contributed by atoms with van der Waals surface area (Å²) in [6.07, 6.45) is 0. The Morgan fingerprint density at radius 2 is 2.44 bits per heavy atom. The predicted molar refractivity (Wildman–Crippen MR) is 67.7 cm³/mol. The second-order valence-corrected chi connectivity index (χ2v) is 4.88. The summed E-state index contributed by atoms with van der Waals surface area (Å²) in [4.78, 5) is 1.99. The number of nitriles is 1. The highest BCUT2D eigenvalue weighted by Gasteiger charge is 2.14. The molecular formula is C10H10N4S2. The van der Waals surface area contributed by atoms with Gasteiger partial charge in [0.1, 0.15) is 16.6 Å². The highest BCUT2D eigenvalue weighted by Crippen LogP contribution is 2.29. The Morgan fingerprint density at radius 1 is 1.62 bits per heavy atom. The van der Waals surface area contributed by atoms with Crippen molar-refractivity contribution in [2.75, 3.05) is 17.7 Å². The number of thiophene rings is 1. The number of nitrogens with two attached hydrogens (primary N) is 1. The summed E-state index contributed by atoms with van der Waals surface area (Å²) in [5.74, 6) is 0.319. The fourth-order valence-corrected chi connectivity index (χ4v) is 2.77. The molecule has 2 aromatic rings. The Morgan fingerprint density at radius 3 is 3.06 bits per heavy atom. The molecule has 0 aromatic carbocycles. The van der Waals surface area contributed by atoms with E-state index in [-0.39, 0.29) is 0 Å². The summed E-state index contributed by atoms with van der Waals surface area (Å²) in [5.41, 5.74) is 7.32. The first kappa shape index (κ1) is 10.9. The molecule has 2 N–H and O–H groups in total. The molecule has 0 atom stereocenters. The lowest BCUT2D eigenvalue weighted by atomic mass is 10.3. The van der Waals surface area contributed by atoms with Gasteiger partial charge in [-0.25, -0.2) is 0 Å². The summed E-state index contributed by atoms with van der Waals surface area (Å²) in [7, 11) is 1.94. The van der Waals surface area contributed by atoms with Crippen LogP contribution in [0.4, 0.5) is 10.8 Å². The van der Waals surface area contributed by atoms with Gasteiger partial charge in [0.15, 0.2) is 5.82 Å². The van der Waals surface area contributed by atoms with E-state index in [4.69, 9.17) is 11.0 Å². The molecule has 0 spiro atoms. The maximum absolute atomic E-state index is 8.98. The lowest BCUT2D eigenvalue weighted by Gasteiger charge is -2.15. The zero-order valence-corrected chi connectivity index (χ0v) is 10.3. The highest BCUT2D eigenvalue weighted by atomic mass is 32.1. The van der Waals surface area contributed by atoms with Gasteiger partial charge in [-0.15, -0.1) is 0 Å². The molecule has 0 amide bonds. The third kappa shape index (κ3) is 2.01. The van der Waals surface area contributed by atoms with Crippen LogP contribution in [0.5, 0.6) is 0 Å². The molecule has 0 saturated carbocycles. The van der Waals surface area contributed by atoms with Crippen molar-refractivity contribution in [1.29, 1.82) is 5.26 Å². The molecule has 0 radical (unpaired) electrons. The SMILES string of the molecule is CN(Cc1ccsc1)c1snc(N)c1C#N. The van der Waals surface area contributed by atoms with E-state index < -0.39 is 0 Å². The van der Waals surface area contributed by atoms with E-state index in [1.807, 2.05) is 17.3 Å². The number of nitrogen functional groups attached to an aromatic ring is 1. The molecule has 0 aliphatic heterocycles. The average molecular weight is 250 g/mol. The fraction of sp³-hybridized carbons (Fsp3) is 0.200. The van der Waals surface area contributed by atoms with Crippen LogP contribution in [0.3, 0.4) is 0 Å². The van der Waals surface area contributed by atoms with Crippen molar-refractivity contribution in [2.45, 2.75) is 6.54 Å². The number of hydrogen-bond acceptors (Lipinski definition) is 6. The molecule has 2 heterocycles. The predicted octanol–water partition coefficient (Wildman–Crippen LogP) is 2.29. The molecule has 6 heteroatoms. The molecule has 16 heavy (non-hydrogen) atoms. The van der Waals surface area contributed by atoms with Crippen LogP contribution in [0.15, 0.2) is 16.8 Å². The maximum atomic E-state index is 8.98. The lowest BCUT2D eigenvalue weighted by molar-refractivity contribution is 0.938. The van der Waals surface area contributed by atoms with E-state index in [0.29, 0.717) is 11.4 Å². The standard InChI is InChI=1S/C10H10N4S2/c1-14(5-7-2-3-15-6-7)10-8(4-11)9(12)13-16-10/h2-3,6H,5H2,1H3,(H2,12,13). The minimum atomic E-state index is 0.319. The molecule has 4 nitrogen and oxygen atoms in total. The van der Waals surface area contributed by atoms with E-state index in [9.17, 15) is 0 Å². The fourth-order valence-electron chi connectivity index (χ4n) is 1.39. The van der Waals surface area contributed by atoms with Crippen LogP contribution in [0.1, 0.15) is 11.1 Å². The van der Waals surface area contributed by atoms with Gasteiger partial charge in [-0.3, -0.25) is 0 Å². The van der Waals surface area contributed by atoms with Crippen LogP contribution in [0.25, 0.3) is 0 Å².